The number of hydrogen-bond donors (Lipinski definition) is 4. The zero-order valence-electron chi connectivity index (χ0n) is 23.4. The van der Waals surface area contributed by atoms with Gasteiger partial charge in [-0.15, -0.1) is 0 Å². The van der Waals surface area contributed by atoms with E-state index in [1.165, 1.54) is 12.1 Å². The molecule has 2 fully saturated rings. The molecule has 214 valence electrons. The summed E-state index contributed by atoms with van der Waals surface area (Å²) in [6.07, 6.45) is 3.57. The number of carbonyl (C=O) groups excluding carboxylic acids is 1. The lowest BCUT2D eigenvalue weighted by Crippen LogP contribution is -2.44. The van der Waals surface area contributed by atoms with Gasteiger partial charge in [0.2, 0.25) is 0 Å². The standard InChI is InChI=1S/C32H37FN6O2/c1-38-13-15-39(16-14-38)25-8-11-27(30(20-25)34-24-6-9-26(40)10-7-24)32(41)35-31-28-19-22(5-12-29(28)36-37-31)17-21-3-2-4-23(33)18-21/h2-5,8,11-12,18-20,24,26,34,40H,6-7,9-10,13-17H2,1H3,(H2,35,36,37,41). The van der Waals surface area contributed by atoms with Crippen molar-refractivity contribution in [2.45, 2.75) is 44.2 Å². The number of H-pyrrole nitrogens is 1. The van der Waals surface area contributed by atoms with Gasteiger partial charge in [0.15, 0.2) is 5.82 Å². The Labute approximate surface area is 239 Å². The summed E-state index contributed by atoms with van der Waals surface area (Å²) >= 11 is 0. The number of likely N-dealkylation sites (N-methyl/N-ethyl adjacent to an activating group) is 1. The lowest BCUT2D eigenvalue weighted by atomic mass is 9.92. The van der Waals surface area contributed by atoms with Gasteiger partial charge in [-0.25, -0.2) is 4.39 Å². The quantitative estimate of drug-likeness (QED) is 0.256. The van der Waals surface area contributed by atoms with Gasteiger partial charge in [-0.05, 0) is 92.7 Å². The zero-order valence-corrected chi connectivity index (χ0v) is 23.4. The number of hydrogen-bond acceptors (Lipinski definition) is 6. The molecule has 1 aromatic heterocycles. The highest BCUT2D eigenvalue weighted by Crippen LogP contribution is 2.30. The van der Waals surface area contributed by atoms with Gasteiger partial charge in [0.1, 0.15) is 5.82 Å². The lowest BCUT2D eigenvalue weighted by Gasteiger charge is -2.35. The van der Waals surface area contributed by atoms with Crippen molar-refractivity contribution in [3.8, 4) is 0 Å². The number of nitrogens with one attached hydrogen (secondary N) is 3. The molecule has 0 radical (unpaired) electrons. The lowest BCUT2D eigenvalue weighted by molar-refractivity contribution is 0.102. The van der Waals surface area contributed by atoms with Crippen molar-refractivity contribution in [1.29, 1.82) is 0 Å². The molecule has 0 atom stereocenters. The number of anilines is 3. The Bertz CT molecular complexity index is 1520. The SMILES string of the molecule is CN1CCN(c2ccc(C(=O)Nc3n[nH]c4ccc(Cc5cccc(F)c5)cc34)c(NC3CCC(O)CC3)c2)CC1. The molecular weight excluding hydrogens is 519 g/mol. The molecule has 0 bridgehead atoms. The fraction of sp³-hybridized carbons (Fsp3) is 0.375. The van der Waals surface area contributed by atoms with Crippen LogP contribution in [0.2, 0.25) is 0 Å². The molecule has 9 heteroatoms. The predicted molar refractivity (Wildman–Crippen MR) is 161 cm³/mol. The highest BCUT2D eigenvalue weighted by Gasteiger charge is 2.23. The highest BCUT2D eigenvalue weighted by atomic mass is 19.1. The number of nitrogens with zero attached hydrogens (tertiary/aromatic N) is 3. The van der Waals surface area contributed by atoms with Crippen LogP contribution in [0.4, 0.5) is 21.6 Å². The maximum Gasteiger partial charge on any atom is 0.258 e. The molecule has 6 rings (SSSR count). The van der Waals surface area contributed by atoms with Crippen LogP contribution in [0, 0.1) is 5.82 Å². The van der Waals surface area contributed by atoms with Gasteiger partial charge in [-0.1, -0.05) is 18.2 Å². The molecule has 1 aliphatic heterocycles. The van der Waals surface area contributed by atoms with Crippen LogP contribution in [0.25, 0.3) is 10.9 Å². The summed E-state index contributed by atoms with van der Waals surface area (Å²) < 4.78 is 13.7. The first kappa shape index (κ1) is 27.2. The molecule has 41 heavy (non-hydrogen) atoms. The molecule has 2 heterocycles. The number of benzene rings is 3. The highest BCUT2D eigenvalue weighted by molar-refractivity contribution is 6.11. The van der Waals surface area contributed by atoms with Crippen LogP contribution in [0.5, 0.6) is 0 Å². The average Bonchev–Trinajstić information content (AvgIpc) is 3.36. The number of aliphatic hydroxyl groups is 1. The summed E-state index contributed by atoms with van der Waals surface area (Å²) in [5.41, 5.74) is 5.14. The van der Waals surface area contributed by atoms with Gasteiger partial charge >= 0.3 is 0 Å². The molecule has 4 N–H and O–H groups in total. The van der Waals surface area contributed by atoms with E-state index in [1.807, 2.05) is 36.4 Å². The molecule has 1 saturated carbocycles. The maximum atomic E-state index is 13.7. The number of rotatable bonds is 7. The van der Waals surface area contributed by atoms with E-state index in [9.17, 15) is 14.3 Å². The zero-order chi connectivity index (χ0) is 28.3. The Morgan fingerprint density at radius 3 is 2.56 bits per heavy atom. The summed E-state index contributed by atoms with van der Waals surface area (Å²) in [7, 11) is 2.14. The van der Waals surface area contributed by atoms with E-state index in [0.717, 1.165) is 85.3 Å². The summed E-state index contributed by atoms with van der Waals surface area (Å²) in [5.74, 6) is -0.0366. The number of aromatic amines is 1. The summed E-state index contributed by atoms with van der Waals surface area (Å²) in [6.45, 7) is 3.88. The average molecular weight is 557 g/mol. The maximum absolute atomic E-state index is 13.7. The molecule has 1 amide bonds. The van der Waals surface area contributed by atoms with E-state index in [0.29, 0.717) is 17.8 Å². The van der Waals surface area contributed by atoms with Crippen LogP contribution >= 0.6 is 0 Å². The van der Waals surface area contributed by atoms with Gasteiger partial charge in [-0.2, -0.15) is 5.10 Å². The largest absolute Gasteiger partial charge is 0.393 e. The summed E-state index contributed by atoms with van der Waals surface area (Å²) in [4.78, 5) is 18.4. The normalized spacial score (nSPS) is 19.8. The second-order valence-corrected chi connectivity index (χ2v) is 11.4. The van der Waals surface area contributed by atoms with Crippen LogP contribution in [-0.2, 0) is 6.42 Å². The van der Waals surface area contributed by atoms with Gasteiger partial charge in [0, 0.05) is 49.0 Å². The Morgan fingerprint density at radius 1 is 1.00 bits per heavy atom. The second kappa shape index (κ2) is 11.9. The molecule has 1 saturated heterocycles. The second-order valence-electron chi connectivity index (χ2n) is 11.4. The van der Waals surface area contributed by atoms with Crippen LogP contribution in [0.3, 0.4) is 0 Å². The predicted octanol–water partition coefficient (Wildman–Crippen LogP) is 5.01. The topological polar surface area (TPSA) is 96.5 Å². The minimum Gasteiger partial charge on any atom is -0.393 e. The Morgan fingerprint density at radius 2 is 1.78 bits per heavy atom. The number of carbonyl (C=O) groups is 1. The molecule has 4 aromatic rings. The van der Waals surface area contributed by atoms with Gasteiger partial charge in [0.05, 0.1) is 17.2 Å². The van der Waals surface area contributed by atoms with Crippen LogP contribution in [0.1, 0.15) is 47.2 Å². The van der Waals surface area contributed by atoms with Crippen molar-refractivity contribution in [3.63, 3.8) is 0 Å². The number of amides is 1. The van der Waals surface area contributed by atoms with Gasteiger partial charge < -0.3 is 25.5 Å². The van der Waals surface area contributed by atoms with Gasteiger partial charge in [0.25, 0.3) is 5.91 Å². The molecular formula is C32H37FN6O2. The van der Waals surface area contributed by atoms with Crippen molar-refractivity contribution < 1.29 is 14.3 Å². The minimum absolute atomic E-state index is 0.198. The third kappa shape index (κ3) is 6.36. The van der Waals surface area contributed by atoms with Gasteiger partial charge in [-0.3, -0.25) is 9.89 Å². The Balaban J connectivity index is 1.25. The van der Waals surface area contributed by atoms with Crippen molar-refractivity contribution in [1.82, 2.24) is 15.1 Å². The van der Waals surface area contributed by atoms with E-state index in [4.69, 9.17) is 0 Å². The monoisotopic (exact) mass is 556 g/mol. The van der Waals surface area contributed by atoms with Crippen molar-refractivity contribution >= 4 is 34.0 Å². The number of halogens is 1. The number of fused-ring (bicyclic) bond motifs is 1. The van der Waals surface area contributed by atoms with E-state index < -0.39 is 0 Å². The van der Waals surface area contributed by atoms with Crippen molar-refractivity contribution in [2.75, 3.05) is 48.8 Å². The molecule has 2 aliphatic rings. The third-order valence-corrected chi connectivity index (χ3v) is 8.33. The Kier molecular flexibility index (Phi) is 7.89. The minimum atomic E-state index is -0.257. The smallest absolute Gasteiger partial charge is 0.258 e. The summed E-state index contributed by atoms with van der Waals surface area (Å²) in [6, 6.07) is 18.7. The fourth-order valence-corrected chi connectivity index (χ4v) is 5.87. The van der Waals surface area contributed by atoms with Crippen LogP contribution < -0.4 is 15.5 Å². The van der Waals surface area contributed by atoms with E-state index in [2.05, 4.69) is 43.7 Å². The van der Waals surface area contributed by atoms with E-state index >= 15 is 0 Å². The van der Waals surface area contributed by atoms with E-state index in [-0.39, 0.29) is 23.9 Å². The number of piperazine rings is 1. The first-order valence-corrected chi connectivity index (χ1v) is 14.5. The number of aromatic nitrogens is 2. The third-order valence-electron chi connectivity index (χ3n) is 8.33. The molecule has 1 aliphatic carbocycles. The number of aliphatic hydroxyl groups excluding tert-OH is 1. The molecule has 3 aromatic carbocycles. The molecule has 8 nitrogen and oxygen atoms in total. The molecule has 0 spiro atoms. The summed E-state index contributed by atoms with van der Waals surface area (Å²) in [5, 5.41) is 24.9. The first-order chi connectivity index (χ1) is 19.9. The fourth-order valence-electron chi connectivity index (χ4n) is 5.87. The van der Waals surface area contributed by atoms with Crippen LogP contribution in [0.15, 0.2) is 60.7 Å². The van der Waals surface area contributed by atoms with Crippen LogP contribution in [-0.4, -0.2) is 71.5 Å². The van der Waals surface area contributed by atoms with Crippen molar-refractivity contribution in [3.05, 3.63) is 83.2 Å². The molecule has 0 unspecified atom stereocenters. The first-order valence-electron chi connectivity index (χ1n) is 14.5. The van der Waals surface area contributed by atoms with Crippen molar-refractivity contribution in [2.24, 2.45) is 0 Å². The van der Waals surface area contributed by atoms with E-state index in [1.54, 1.807) is 6.07 Å². The Hall–Kier alpha value is -3.95.